The molecule has 1 heterocycles. The highest BCUT2D eigenvalue weighted by Crippen LogP contribution is 2.24. The summed E-state index contributed by atoms with van der Waals surface area (Å²) in [5.74, 6) is -0.470. The average molecular weight is 470 g/mol. The van der Waals surface area contributed by atoms with Gasteiger partial charge < -0.3 is 16.4 Å². The van der Waals surface area contributed by atoms with E-state index in [9.17, 15) is 9.59 Å². The van der Waals surface area contributed by atoms with E-state index in [-0.39, 0.29) is 36.6 Å². The van der Waals surface area contributed by atoms with Crippen molar-refractivity contribution in [1.29, 1.82) is 0 Å². The summed E-state index contributed by atoms with van der Waals surface area (Å²) in [5, 5.41) is 0. The van der Waals surface area contributed by atoms with Gasteiger partial charge in [-0.3, -0.25) is 14.5 Å². The van der Waals surface area contributed by atoms with Gasteiger partial charge >= 0.3 is 0 Å². The quantitative estimate of drug-likeness (QED) is 0.703. The van der Waals surface area contributed by atoms with Crippen LogP contribution in [0.5, 0.6) is 0 Å². The van der Waals surface area contributed by atoms with Crippen LogP contribution in [0.15, 0.2) is 28.7 Å². The van der Waals surface area contributed by atoms with Crippen molar-refractivity contribution in [3.05, 3.63) is 34.3 Å². The summed E-state index contributed by atoms with van der Waals surface area (Å²) in [6, 6.07) is 7.46. The zero-order valence-corrected chi connectivity index (χ0v) is 18.4. The molecule has 1 unspecified atom stereocenters. The predicted octanol–water partition coefficient (Wildman–Crippen LogP) is 1.87. The van der Waals surface area contributed by atoms with Gasteiger partial charge in [-0.2, -0.15) is 0 Å². The largest absolute Gasteiger partial charge is 0.368 e. The van der Waals surface area contributed by atoms with Gasteiger partial charge in [-0.15, -0.1) is 24.8 Å². The van der Waals surface area contributed by atoms with Crippen LogP contribution in [0.3, 0.4) is 0 Å². The number of halogens is 3. The first-order valence-corrected chi connectivity index (χ1v) is 8.75. The summed E-state index contributed by atoms with van der Waals surface area (Å²) < 4.78 is 0.941. The number of piperazine rings is 1. The van der Waals surface area contributed by atoms with Crippen molar-refractivity contribution >= 4 is 52.6 Å². The van der Waals surface area contributed by atoms with Crippen LogP contribution in [0.2, 0.25) is 0 Å². The molecule has 9 heteroatoms. The molecule has 1 saturated heterocycles. The minimum Gasteiger partial charge on any atom is -0.368 e. The van der Waals surface area contributed by atoms with Gasteiger partial charge in [0.15, 0.2) is 0 Å². The molecule has 26 heavy (non-hydrogen) atoms. The fraction of sp³-hybridized carbons (Fsp3) is 0.529. The molecule has 4 N–H and O–H groups in total. The lowest BCUT2D eigenvalue weighted by Gasteiger charge is -2.43. The van der Waals surface area contributed by atoms with E-state index in [1.807, 2.05) is 43.0 Å². The summed E-state index contributed by atoms with van der Waals surface area (Å²) in [6.45, 7) is 7.59. The molecule has 1 aliphatic rings. The number of hydrogen-bond donors (Lipinski definition) is 2. The lowest BCUT2D eigenvalue weighted by molar-refractivity contribution is -0.140. The van der Waals surface area contributed by atoms with E-state index in [0.29, 0.717) is 26.2 Å². The first-order chi connectivity index (χ1) is 11.1. The van der Waals surface area contributed by atoms with Crippen molar-refractivity contribution < 1.29 is 9.59 Å². The summed E-state index contributed by atoms with van der Waals surface area (Å²) in [4.78, 5) is 28.2. The normalized spacial score (nSPS) is 17.5. The predicted molar refractivity (Wildman–Crippen MR) is 112 cm³/mol. The second-order valence-corrected chi connectivity index (χ2v) is 7.83. The van der Waals surface area contributed by atoms with Gasteiger partial charge in [0.2, 0.25) is 11.8 Å². The van der Waals surface area contributed by atoms with E-state index < -0.39 is 11.1 Å². The average Bonchev–Trinajstić information content (AvgIpc) is 2.54. The highest BCUT2D eigenvalue weighted by molar-refractivity contribution is 9.10. The van der Waals surface area contributed by atoms with Gasteiger partial charge in [-0.25, -0.2) is 0 Å². The number of amides is 2. The van der Waals surface area contributed by atoms with Crippen molar-refractivity contribution in [3.8, 4) is 0 Å². The van der Waals surface area contributed by atoms with Crippen LogP contribution >= 0.6 is 40.7 Å². The molecule has 2 amide bonds. The summed E-state index contributed by atoms with van der Waals surface area (Å²) in [5.41, 5.74) is 10.8. The Morgan fingerprint density at radius 2 is 1.46 bits per heavy atom. The van der Waals surface area contributed by atoms with E-state index in [1.165, 1.54) is 0 Å². The molecule has 0 bridgehead atoms. The Labute approximate surface area is 175 Å². The third-order valence-corrected chi connectivity index (χ3v) is 5.38. The fourth-order valence-corrected chi connectivity index (χ4v) is 3.14. The Balaban J connectivity index is 0.00000312. The topological polar surface area (TPSA) is 92.7 Å². The van der Waals surface area contributed by atoms with Crippen molar-refractivity contribution in [2.75, 3.05) is 26.2 Å². The van der Waals surface area contributed by atoms with Crippen molar-refractivity contribution in [2.24, 2.45) is 11.5 Å². The number of carbonyl (C=O) groups excluding carboxylic acids is 2. The van der Waals surface area contributed by atoms with Crippen LogP contribution in [-0.4, -0.2) is 53.3 Å². The van der Waals surface area contributed by atoms with E-state index >= 15 is 0 Å². The molecule has 1 fully saturated rings. The van der Waals surface area contributed by atoms with Gasteiger partial charge in [-0.05, 0) is 38.5 Å². The fourth-order valence-electron chi connectivity index (χ4n) is 2.87. The third kappa shape index (κ3) is 5.10. The summed E-state index contributed by atoms with van der Waals surface area (Å²) in [6.07, 6.45) is 0. The van der Waals surface area contributed by atoms with Gasteiger partial charge in [0.25, 0.3) is 0 Å². The molecule has 6 nitrogen and oxygen atoms in total. The van der Waals surface area contributed by atoms with Gasteiger partial charge in [-0.1, -0.05) is 28.1 Å². The Hall–Kier alpha value is -0.860. The Morgan fingerprint density at radius 1 is 1.00 bits per heavy atom. The van der Waals surface area contributed by atoms with E-state index in [2.05, 4.69) is 15.9 Å². The first kappa shape index (κ1) is 25.1. The molecule has 148 valence electrons. The lowest BCUT2D eigenvalue weighted by atomic mass is 9.91. The Kier molecular flexibility index (Phi) is 9.06. The third-order valence-electron chi connectivity index (χ3n) is 4.85. The Morgan fingerprint density at radius 3 is 1.88 bits per heavy atom. The maximum atomic E-state index is 12.9. The molecule has 0 aromatic heterocycles. The maximum absolute atomic E-state index is 12.9. The molecule has 0 saturated carbocycles. The van der Waals surface area contributed by atoms with E-state index in [4.69, 9.17) is 11.5 Å². The molecule has 0 radical (unpaired) electrons. The SMILES string of the molecule is CC(N)(C(=O)N1CCN(C(C)(C)C(N)=O)CC1)c1ccc(Br)cc1.Cl.Cl. The van der Waals surface area contributed by atoms with Crippen molar-refractivity contribution in [3.63, 3.8) is 0 Å². The lowest BCUT2D eigenvalue weighted by Crippen LogP contribution is -2.62. The number of hydrogen-bond acceptors (Lipinski definition) is 4. The highest BCUT2D eigenvalue weighted by Gasteiger charge is 2.39. The van der Waals surface area contributed by atoms with E-state index in [1.54, 1.807) is 11.8 Å². The molecule has 1 aromatic carbocycles. The standard InChI is InChI=1S/C17H25BrN4O2.2ClH/c1-16(2,14(19)23)22-10-8-21(9-11-22)15(24)17(3,20)12-4-6-13(18)7-5-12;;/h4-7H,8-11,20H2,1-3H3,(H2,19,23);2*1H. The summed E-state index contributed by atoms with van der Waals surface area (Å²) in [7, 11) is 0. The smallest absolute Gasteiger partial charge is 0.247 e. The minimum atomic E-state index is -1.08. The van der Waals surface area contributed by atoms with Crippen LogP contribution < -0.4 is 11.5 Å². The zero-order valence-electron chi connectivity index (χ0n) is 15.2. The Bertz CT molecular complexity index is 630. The molecular formula is C17H27BrCl2N4O2. The second-order valence-electron chi connectivity index (χ2n) is 6.91. The van der Waals surface area contributed by atoms with Crippen LogP contribution in [0.1, 0.15) is 26.3 Å². The van der Waals surface area contributed by atoms with Crippen LogP contribution in [-0.2, 0) is 15.1 Å². The maximum Gasteiger partial charge on any atom is 0.247 e. The molecule has 1 aliphatic heterocycles. The van der Waals surface area contributed by atoms with Crippen LogP contribution in [0.25, 0.3) is 0 Å². The molecule has 0 spiro atoms. The number of rotatable bonds is 4. The number of primary amides is 1. The van der Waals surface area contributed by atoms with Crippen molar-refractivity contribution in [1.82, 2.24) is 9.80 Å². The second kappa shape index (κ2) is 9.37. The monoisotopic (exact) mass is 468 g/mol. The van der Waals surface area contributed by atoms with Crippen LogP contribution in [0, 0.1) is 0 Å². The molecule has 2 rings (SSSR count). The van der Waals surface area contributed by atoms with Crippen LogP contribution in [0.4, 0.5) is 0 Å². The summed E-state index contributed by atoms with van der Waals surface area (Å²) >= 11 is 3.38. The number of carbonyl (C=O) groups is 2. The molecule has 1 atom stereocenters. The molecule has 0 aliphatic carbocycles. The highest BCUT2D eigenvalue weighted by atomic mass is 79.9. The number of benzene rings is 1. The van der Waals surface area contributed by atoms with Gasteiger partial charge in [0, 0.05) is 30.7 Å². The zero-order chi connectivity index (χ0) is 18.1. The van der Waals surface area contributed by atoms with E-state index in [0.717, 1.165) is 10.0 Å². The first-order valence-electron chi connectivity index (χ1n) is 7.96. The minimum absolute atomic E-state index is 0. The molecular weight excluding hydrogens is 443 g/mol. The number of nitrogens with two attached hydrogens (primary N) is 2. The van der Waals surface area contributed by atoms with Gasteiger partial charge in [0.1, 0.15) is 5.54 Å². The molecule has 1 aromatic rings. The number of nitrogens with zero attached hydrogens (tertiary/aromatic N) is 2. The van der Waals surface area contributed by atoms with Gasteiger partial charge in [0.05, 0.1) is 5.54 Å². The van der Waals surface area contributed by atoms with Crippen molar-refractivity contribution in [2.45, 2.75) is 31.8 Å².